The van der Waals surface area contributed by atoms with Crippen LogP contribution in [0.3, 0.4) is 0 Å². The van der Waals surface area contributed by atoms with Crippen LogP contribution >= 0.6 is 0 Å². The van der Waals surface area contributed by atoms with Crippen LogP contribution in [0.1, 0.15) is 57.2 Å². The highest BCUT2D eigenvalue weighted by molar-refractivity contribution is 5.77. The van der Waals surface area contributed by atoms with E-state index in [-0.39, 0.29) is 18.5 Å². The molecule has 0 saturated carbocycles. The highest BCUT2D eigenvalue weighted by atomic mass is 19.4. The number of aromatic nitrogens is 2. The van der Waals surface area contributed by atoms with Gasteiger partial charge in [-0.15, -0.1) is 0 Å². The summed E-state index contributed by atoms with van der Waals surface area (Å²) in [5.41, 5.74) is 4.69. The first-order chi connectivity index (χ1) is 16.2. The molecule has 182 valence electrons. The summed E-state index contributed by atoms with van der Waals surface area (Å²) in [5, 5.41) is 2.79. The van der Waals surface area contributed by atoms with Crippen LogP contribution in [0, 0.1) is 0 Å². The summed E-state index contributed by atoms with van der Waals surface area (Å²) >= 11 is 0. The topological polar surface area (TPSA) is 49.6 Å². The molecule has 0 fully saturated rings. The number of benzene rings is 1. The molecule has 5 nitrogen and oxygen atoms in total. The molecule has 8 heteroatoms. The number of nitrogens with one attached hydrogen (secondary N) is 1. The lowest BCUT2D eigenvalue weighted by Gasteiger charge is -2.31. The van der Waals surface area contributed by atoms with Crippen LogP contribution in [-0.2, 0) is 0 Å². The standard InChI is InChI=1S/C26H31F3N4O/c1-5-19-8-9-20(16-23(19)21-10-11-24-30-14-15-32(24)17-21)18(4)33(7-3)25(34)31-22(6-2)12-13-26(27,28)29/h5,8-11,14-18,22H,1,6-7,12-13H2,2-4H3,(H,31,34). The SMILES string of the molecule is C=Cc1ccc(C(C)N(CC)C(=O)NC(CC)CCC(F)(F)F)cc1-c1ccc2nccn2c1. The van der Waals surface area contributed by atoms with Crippen LogP contribution in [0.4, 0.5) is 18.0 Å². The van der Waals surface area contributed by atoms with E-state index in [1.165, 1.54) is 0 Å². The second-order valence-electron chi connectivity index (χ2n) is 8.33. The van der Waals surface area contributed by atoms with Crippen molar-refractivity contribution >= 4 is 17.8 Å². The lowest BCUT2D eigenvalue weighted by molar-refractivity contribution is -0.136. The maximum absolute atomic E-state index is 13.0. The molecule has 3 aromatic rings. The molecule has 1 aromatic carbocycles. The van der Waals surface area contributed by atoms with Crippen molar-refractivity contribution in [3.63, 3.8) is 0 Å². The van der Waals surface area contributed by atoms with Crippen LogP contribution in [0.15, 0.2) is 55.5 Å². The minimum Gasteiger partial charge on any atom is -0.335 e. The zero-order chi connectivity index (χ0) is 24.9. The van der Waals surface area contributed by atoms with E-state index in [0.29, 0.717) is 13.0 Å². The lowest BCUT2D eigenvalue weighted by Crippen LogP contribution is -2.45. The Labute approximate surface area is 198 Å². The number of hydrogen-bond donors (Lipinski definition) is 1. The largest absolute Gasteiger partial charge is 0.389 e. The number of imidazole rings is 1. The molecule has 2 atom stereocenters. The number of rotatable bonds is 9. The highest BCUT2D eigenvalue weighted by Gasteiger charge is 2.29. The Hall–Kier alpha value is -3.29. The molecule has 0 saturated heterocycles. The summed E-state index contributed by atoms with van der Waals surface area (Å²) in [7, 11) is 0. The van der Waals surface area contributed by atoms with Crippen molar-refractivity contribution in [1.82, 2.24) is 19.6 Å². The monoisotopic (exact) mass is 472 g/mol. The van der Waals surface area contributed by atoms with Gasteiger partial charge in [0.2, 0.25) is 0 Å². The Kier molecular flexibility index (Phi) is 8.02. The summed E-state index contributed by atoms with van der Waals surface area (Å²) in [5.74, 6) is 0. The number of carbonyl (C=O) groups excluding carboxylic acids is 1. The van der Waals surface area contributed by atoms with Gasteiger partial charge < -0.3 is 14.6 Å². The zero-order valence-electron chi connectivity index (χ0n) is 19.8. The van der Waals surface area contributed by atoms with E-state index in [4.69, 9.17) is 0 Å². The van der Waals surface area contributed by atoms with E-state index in [1.54, 1.807) is 24.1 Å². The van der Waals surface area contributed by atoms with Crippen molar-refractivity contribution in [2.45, 2.75) is 58.3 Å². The average molecular weight is 473 g/mol. The number of amides is 2. The number of hydrogen-bond acceptors (Lipinski definition) is 2. The predicted octanol–water partition coefficient (Wildman–Crippen LogP) is 6.86. The van der Waals surface area contributed by atoms with E-state index in [1.807, 2.05) is 61.0 Å². The number of nitrogens with zero attached hydrogens (tertiary/aromatic N) is 3. The average Bonchev–Trinajstić information content (AvgIpc) is 3.29. The van der Waals surface area contributed by atoms with Crippen LogP contribution in [-0.4, -0.2) is 39.1 Å². The minimum atomic E-state index is -4.24. The van der Waals surface area contributed by atoms with Gasteiger partial charge in [-0.25, -0.2) is 9.78 Å². The van der Waals surface area contributed by atoms with Crippen LogP contribution < -0.4 is 5.32 Å². The molecule has 0 aliphatic carbocycles. The van der Waals surface area contributed by atoms with Crippen molar-refractivity contribution in [2.75, 3.05) is 6.54 Å². The molecular formula is C26H31F3N4O. The molecule has 2 amide bonds. The Morgan fingerprint density at radius 1 is 1.26 bits per heavy atom. The first kappa shape index (κ1) is 25.3. The van der Waals surface area contributed by atoms with Gasteiger partial charge in [0.25, 0.3) is 0 Å². The first-order valence-electron chi connectivity index (χ1n) is 11.5. The summed E-state index contributed by atoms with van der Waals surface area (Å²) in [6.45, 7) is 9.90. The van der Waals surface area contributed by atoms with Crippen molar-refractivity contribution in [3.8, 4) is 11.1 Å². The molecule has 34 heavy (non-hydrogen) atoms. The van der Waals surface area contributed by atoms with Crippen LogP contribution in [0.5, 0.6) is 0 Å². The van der Waals surface area contributed by atoms with Crippen molar-refractivity contribution in [2.24, 2.45) is 0 Å². The first-order valence-corrected chi connectivity index (χ1v) is 11.5. The summed E-state index contributed by atoms with van der Waals surface area (Å²) in [6, 6.07) is 8.73. The number of urea groups is 1. The van der Waals surface area contributed by atoms with E-state index >= 15 is 0 Å². The van der Waals surface area contributed by atoms with Gasteiger partial charge >= 0.3 is 12.2 Å². The fourth-order valence-corrected chi connectivity index (χ4v) is 4.09. The third kappa shape index (κ3) is 5.98. The molecule has 0 aliphatic rings. The number of carbonyl (C=O) groups is 1. The van der Waals surface area contributed by atoms with Crippen LogP contribution in [0.2, 0.25) is 0 Å². The van der Waals surface area contributed by atoms with Crippen molar-refractivity contribution in [3.05, 3.63) is 66.6 Å². The highest BCUT2D eigenvalue weighted by Crippen LogP contribution is 2.31. The second kappa shape index (κ2) is 10.8. The van der Waals surface area contributed by atoms with E-state index < -0.39 is 18.6 Å². The van der Waals surface area contributed by atoms with Gasteiger partial charge in [0.15, 0.2) is 0 Å². The van der Waals surface area contributed by atoms with Gasteiger partial charge in [0.1, 0.15) is 5.65 Å². The normalized spacial score (nSPS) is 13.5. The quantitative estimate of drug-likeness (QED) is 0.370. The molecular weight excluding hydrogens is 441 g/mol. The molecule has 2 heterocycles. The van der Waals surface area contributed by atoms with Gasteiger partial charge in [-0.05, 0) is 67.1 Å². The number of halogens is 3. The molecule has 0 aliphatic heterocycles. The lowest BCUT2D eigenvalue weighted by atomic mass is 9.95. The van der Waals surface area contributed by atoms with E-state index in [0.717, 1.165) is 27.9 Å². The van der Waals surface area contributed by atoms with Gasteiger partial charge in [-0.2, -0.15) is 13.2 Å². The van der Waals surface area contributed by atoms with Gasteiger partial charge in [0.05, 0.1) is 6.04 Å². The van der Waals surface area contributed by atoms with Gasteiger partial charge in [-0.3, -0.25) is 0 Å². The van der Waals surface area contributed by atoms with Crippen molar-refractivity contribution < 1.29 is 18.0 Å². The Bertz CT molecular complexity index is 1140. The van der Waals surface area contributed by atoms with Gasteiger partial charge in [0, 0.05) is 37.6 Å². The molecule has 2 aromatic heterocycles. The molecule has 0 radical (unpaired) electrons. The molecule has 3 rings (SSSR count). The van der Waals surface area contributed by atoms with Crippen molar-refractivity contribution in [1.29, 1.82) is 0 Å². The van der Waals surface area contributed by atoms with E-state index in [2.05, 4.69) is 16.9 Å². The fraction of sp³-hybridized carbons (Fsp3) is 0.385. The molecule has 0 bridgehead atoms. The van der Waals surface area contributed by atoms with Crippen LogP contribution in [0.25, 0.3) is 22.9 Å². The predicted molar refractivity (Wildman–Crippen MR) is 129 cm³/mol. The summed E-state index contributed by atoms with van der Waals surface area (Å²) < 4.78 is 39.8. The maximum atomic E-state index is 13.0. The molecule has 1 N–H and O–H groups in total. The molecule has 0 spiro atoms. The summed E-state index contributed by atoms with van der Waals surface area (Å²) in [4.78, 5) is 18.9. The maximum Gasteiger partial charge on any atom is 0.389 e. The second-order valence-corrected chi connectivity index (χ2v) is 8.33. The minimum absolute atomic E-state index is 0.132. The van der Waals surface area contributed by atoms with Gasteiger partial charge in [-0.1, -0.05) is 31.7 Å². The molecule has 2 unspecified atom stereocenters. The number of pyridine rings is 1. The Balaban J connectivity index is 1.84. The Morgan fingerprint density at radius 2 is 2.03 bits per heavy atom. The Morgan fingerprint density at radius 3 is 2.68 bits per heavy atom. The third-order valence-electron chi connectivity index (χ3n) is 6.15. The number of alkyl halides is 3. The fourth-order valence-electron chi connectivity index (χ4n) is 4.09. The van der Waals surface area contributed by atoms with E-state index in [9.17, 15) is 18.0 Å². The third-order valence-corrected chi connectivity index (χ3v) is 6.15. The smallest absolute Gasteiger partial charge is 0.335 e. The number of fused-ring (bicyclic) bond motifs is 1. The summed E-state index contributed by atoms with van der Waals surface area (Å²) in [6.07, 6.45) is 2.55. The zero-order valence-corrected chi connectivity index (χ0v) is 19.8.